The Morgan fingerprint density at radius 2 is 1.13 bits per heavy atom. The average molecular weight is 1190 g/mol. The molecule has 0 spiro atoms. The van der Waals surface area contributed by atoms with Gasteiger partial charge in [-0.15, -0.1) is 0 Å². The molecule has 0 N–H and O–H groups in total. The summed E-state index contributed by atoms with van der Waals surface area (Å²) in [7, 11) is 0. The van der Waals surface area contributed by atoms with E-state index in [1.54, 1.807) is 22.8 Å². The molecule has 0 bridgehead atoms. The van der Waals surface area contributed by atoms with Gasteiger partial charge in [0.25, 0.3) is 0 Å². The standard InChI is InChI=1S/C52H39N4O.2C9H11.Bi/c1-52(2,3)38-30-31-53-50(32-38)56-46-25-11-10-22-44(46)45-29-28-41(34-49(45)56)57-40-21-14-20-39(33-40)54-35-55(48-27-13-12-26-47(48)54)51-42(36-16-6-4-7-17-36)23-15-24-43(51)37-18-8-5-9-19-37;2*1-7-4-8(2)6-9(3)5-7;/h4-13,15-34H,1-3H3;2*4-5H,1-3H3;/i4D,5D,6D,7D,8D,9D,16D,17D,18D,19D;;;. The van der Waals surface area contributed by atoms with Crippen molar-refractivity contribution in [3.05, 3.63) is 251 Å². The van der Waals surface area contributed by atoms with Crippen molar-refractivity contribution in [1.82, 2.24) is 14.1 Å². The molecule has 0 saturated carbocycles. The van der Waals surface area contributed by atoms with Gasteiger partial charge in [0.05, 0.1) is 2.74 Å². The Bertz CT molecular complexity index is 4580. The van der Waals surface area contributed by atoms with Crippen LogP contribution >= 0.6 is 0 Å². The molecule has 0 aliphatic carbocycles. The van der Waals surface area contributed by atoms with Crippen molar-refractivity contribution < 1.29 is 23.0 Å². The minimum absolute atomic E-state index is 0.121. The van der Waals surface area contributed by atoms with Crippen LogP contribution in [-0.2, 0) is 5.41 Å². The second-order valence-electron chi connectivity index (χ2n) is 20.8. The number of benzene rings is 9. The SMILES string of the molecule is [2H]c1c([2H])c([2H])c(-c2cccc(-c3c([2H])c([2H])c([2H])c([2H])c3[2H])c2-[n+]2[c-]n(-c3cc(Oc4ccc5c6ccccc6n(-c6cc(C(C)(C)C)ccn6)c5c4)c[c]([Bi]([c]4c(C)cc(C)cc4C)[c]4c(C)cc(C)cc4C)c3)c3ccccc32)c([2H])c1[2H]. The maximum absolute atomic E-state index is 9.29. The van der Waals surface area contributed by atoms with Gasteiger partial charge in [0.1, 0.15) is 0 Å². The maximum atomic E-state index is 9.29. The number of rotatable bonds is 10. The monoisotopic (exact) mass is 1190 g/mol. The number of hydrogen-bond acceptors (Lipinski definition) is 2. The number of aryl methyl sites for hydroxylation is 6. The van der Waals surface area contributed by atoms with E-state index in [-0.39, 0.29) is 33.4 Å². The Balaban J connectivity index is 1.16. The third-order valence-corrected chi connectivity index (χ3v) is 26.2. The molecular weight excluding hydrogens is 1120 g/mol. The van der Waals surface area contributed by atoms with Crippen molar-refractivity contribution in [2.75, 3.05) is 0 Å². The van der Waals surface area contributed by atoms with E-state index in [1.807, 2.05) is 53.2 Å². The van der Waals surface area contributed by atoms with Crippen LogP contribution in [0.3, 0.4) is 0 Å². The zero-order valence-corrected chi connectivity index (χ0v) is 47.5. The molecule has 0 saturated heterocycles. The zero-order chi connectivity index (χ0) is 61.1. The van der Waals surface area contributed by atoms with Gasteiger partial charge >= 0.3 is 448 Å². The van der Waals surface area contributed by atoms with E-state index < -0.39 is 82.2 Å². The summed E-state index contributed by atoms with van der Waals surface area (Å²) in [6.07, 6.45) is 5.53. The zero-order valence-electron chi connectivity index (χ0n) is 54.0. The number of pyridine rings is 1. The number of fused-ring (bicyclic) bond motifs is 4. The van der Waals surface area contributed by atoms with Gasteiger partial charge in [-0.1, -0.05) is 20.8 Å². The number of imidazole rings is 1. The fourth-order valence-corrected chi connectivity index (χ4v) is 22.5. The molecule has 12 rings (SSSR count). The van der Waals surface area contributed by atoms with Crippen LogP contribution in [0, 0.1) is 47.9 Å². The average Bonchev–Trinajstić information content (AvgIpc) is 1.67. The Labute approximate surface area is 469 Å². The Morgan fingerprint density at radius 1 is 0.553 bits per heavy atom. The molecule has 12 aromatic rings. The van der Waals surface area contributed by atoms with Gasteiger partial charge in [0, 0.05) is 0 Å². The van der Waals surface area contributed by atoms with E-state index in [0.717, 1.165) is 36.5 Å². The number of nitrogens with zero attached hydrogens (tertiary/aromatic N) is 4. The van der Waals surface area contributed by atoms with Gasteiger partial charge in [-0.2, -0.15) is 0 Å². The van der Waals surface area contributed by atoms with Crippen molar-refractivity contribution in [2.24, 2.45) is 0 Å². The third kappa shape index (κ3) is 8.93. The molecule has 0 atom stereocenters. The van der Waals surface area contributed by atoms with Crippen LogP contribution in [0.2, 0.25) is 0 Å². The first-order valence-corrected chi connectivity index (χ1v) is 30.7. The van der Waals surface area contributed by atoms with Crippen LogP contribution in [0.4, 0.5) is 0 Å². The van der Waals surface area contributed by atoms with Crippen LogP contribution in [-0.4, -0.2) is 35.9 Å². The molecule has 0 amide bonds. The Kier molecular flexibility index (Phi) is 9.98. The molecule has 9 aromatic carbocycles. The quantitative estimate of drug-likeness (QED) is 0.0777. The number of para-hydroxylation sites is 4. The van der Waals surface area contributed by atoms with Crippen molar-refractivity contribution in [3.8, 4) is 50.9 Å². The van der Waals surface area contributed by atoms with Gasteiger partial charge in [-0.3, -0.25) is 0 Å². The normalized spacial score (nSPS) is 13.7. The number of hydrogen-bond donors (Lipinski definition) is 0. The summed E-state index contributed by atoms with van der Waals surface area (Å²) in [6, 6.07) is 41.6. The van der Waals surface area contributed by atoms with Gasteiger partial charge < -0.3 is 0 Å². The summed E-state index contributed by atoms with van der Waals surface area (Å²) in [6.45, 7) is 19.7. The molecule has 3 aromatic heterocycles. The number of ether oxygens (including phenoxy) is 1. The van der Waals surface area contributed by atoms with E-state index in [1.165, 1.54) is 39.9 Å². The molecule has 6 heteroatoms. The summed E-state index contributed by atoms with van der Waals surface area (Å²) < 4.78 is 106. The fraction of sp³-hybridized carbons (Fsp3) is 0.143. The first kappa shape index (κ1) is 38.6. The molecule has 76 heavy (non-hydrogen) atoms. The fourth-order valence-electron chi connectivity index (χ4n) is 11.1. The second-order valence-corrected chi connectivity index (χ2v) is 28.9. The van der Waals surface area contributed by atoms with Crippen LogP contribution in [0.5, 0.6) is 11.5 Å². The molecule has 0 aliphatic rings. The summed E-state index contributed by atoms with van der Waals surface area (Å²) in [5, 5.41) is 2.12. The molecule has 0 unspecified atom stereocenters. The van der Waals surface area contributed by atoms with Gasteiger partial charge in [0.2, 0.25) is 0 Å². The molecule has 372 valence electrons. The van der Waals surface area contributed by atoms with Gasteiger partial charge in [-0.05, 0) is 0 Å². The summed E-state index contributed by atoms with van der Waals surface area (Å²) in [5.41, 5.74) is 12.3. The summed E-state index contributed by atoms with van der Waals surface area (Å²) in [5.74, 6) is 1.95. The van der Waals surface area contributed by atoms with Crippen LogP contribution < -0.4 is 19.1 Å². The summed E-state index contributed by atoms with van der Waals surface area (Å²) >= 11 is -3.52. The van der Waals surface area contributed by atoms with Gasteiger partial charge in [-0.25, -0.2) is 0 Å². The van der Waals surface area contributed by atoms with Crippen LogP contribution in [0.15, 0.2) is 206 Å². The molecule has 0 aliphatic heterocycles. The van der Waals surface area contributed by atoms with Crippen molar-refractivity contribution in [2.45, 2.75) is 67.7 Å². The first-order valence-electron chi connectivity index (χ1n) is 30.5. The Hall–Kier alpha value is -7.92. The van der Waals surface area contributed by atoms with Crippen molar-refractivity contribution in [3.63, 3.8) is 0 Å². The molecular formula is C70H61BiN4O. The summed E-state index contributed by atoms with van der Waals surface area (Å²) in [4.78, 5) is 4.95. The van der Waals surface area contributed by atoms with Crippen molar-refractivity contribution >= 4 is 64.4 Å². The van der Waals surface area contributed by atoms with Crippen LogP contribution in [0.1, 0.15) is 73.4 Å². The number of aromatic nitrogens is 4. The van der Waals surface area contributed by atoms with Crippen LogP contribution in [0.25, 0.3) is 72.3 Å². The van der Waals surface area contributed by atoms with E-state index in [9.17, 15) is 5.48 Å². The van der Waals surface area contributed by atoms with E-state index >= 15 is 0 Å². The third-order valence-electron chi connectivity index (χ3n) is 14.2. The Morgan fingerprint density at radius 3 is 1.75 bits per heavy atom. The molecule has 5 nitrogen and oxygen atoms in total. The predicted molar refractivity (Wildman–Crippen MR) is 318 cm³/mol. The van der Waals surface area contributed by atoms with Crippen molar-refractivity contribution in [1.29, 1.82) is 0 Å². The molecule has 0 fully saturated rings. The molecule has 0 radical (unpaired) electrons. The first-order chi connectivity index (χ1) is 40.9. The van der Waals surface area contributed by atoms with E-state index in [0.29, 0.717) is 28.2 Å². The molecule has 3 heterocycles. The van der Waals surface area contributed by atoms with E-state index in [4.69, 9.17) is 17.9 Å². The van der Waals surface area contributed by atoms with Gasteiger partial charge in [0.15, 0.2) is 0 Å². The predicted octanol–water partition coefficient (Wildman–Crippen LogP) is 15.0. The minimum atomic E-state index is -3.52. The van der Waals surface area contributed by atoms with E-state index in [2.05, 4.69) is 152 Å². The second kappa shape index (κ2) is 19.7. The topological polar surface area (TPSA) is 35.9 Å².